The highest BCUT2D eigenvalue weighted by Crippen LogP contribution is 2.15. The van der Waals surface area contributed by atoms with Gasteiger partial charge < -0.3 is 5.32 Å². The molecule has 2 rings (SSSR count). The van der Waals surface area contributed by atoms with E-state index in [1.54, 1.807) is 6.92 Å². The number of anilines is 1. The van der Waals surface area contributed by atoms with Gasteiger partial charge in [0.15, 0.2) is 5.56 Å². The minimum Gasteiger partial charge on any atom is -0.360 e. The Kier molecular flexibility index (Phi) is 3.39. The predicted octanol–water partition coefficient (Wildman–Crippen LogP) is -0.753. The summed E-state index contributed by atoms with van der Waals surface area (Å²) >= 11 is 0. The lowest BCUT2D eigenvalue weighted by atomic mass is 10.2. The molecule has 0 amide bonds. The Morgan fingerprint density at radius 3 is 2.65 bits per heavy atom. The number of nitrogens with zero attached hydrogens (tertiary/aromatic N) is 5. The van der Waals surface area contributed by atoms with Crippen molar-refractivity contribution in [2.24, 2.45) is 14.1 Å². The lowest BCUT2D eigenvalue weighted by Crippen LogP contribution is -2.40. The molecule has 0 spiro atoms. The topological polar surface area (TPSA) is 121 Å². The molecule has 1 atom stereocenters. The highest BCUT2D eigenvalue weighted by Gasteiger charge is 2.18. The van der Waals surface area contributed by atoms with Crippen LogP contribution in [0.15, 0.2) is 15.9 Å². The molecular weight excluding hydrogens is 262 g/mol. The number of aromatic amines is 1. The van der Waals surface area contributed by atoms with E-state index in [0.717, 1.165) is 4.57 Å². The smallest absolute Gasteiger partial charge is 0.332 e. The van der Waals surface area contributed by atoms with Gasteiger partial charge in [0.25, 0.3) is 5.56 Å². The average molecular weight is 275 g/mol. The molecule has 2 N–H and O–H groups in total. The number of hydrogen-bond acceptors (Lipinski definition) is 6. The summed E-state index contributed by atoms with van der Waals surface area (Å²) in [5.41, 5.74) is -1.27. The summed E-state index contributed by atoms with van der Waals surface area (Å²) < 4.78 is 2.11. The van der Waals surface area contributed by atoms with E-state index in [-0.39, 0.29) is 17.4 Å². The molecule has 20 heavy (non-hydrogen) atoms. The number of hydrogen-bond donors (Lipinski definition) is 2. The molecule has 9 heteroatoms. The van der Waals surface area contributed by atoms with E-state index in [4.69, 9.17) is 5.26 Å². The second-order valence-corrected chi connectivity index (χ2v) is 4.28. The maximum atomic E-state index is 11.9. The Labute approximate surface area is 113 Å². The zero-order valence-electron chi connectivity index (χ0n) is 11.2. The fourth-order valence-corrected chi connectivity index (χ4v) is 1.81. The van der Waals surface area contributed by atoms with Gasteiger partial charge in [-0.15, -0.1) is 0 Å². The lowest BCUT2D eigenvalue weighted by Gasteiger charge is -2.17. The second-order valence-electron chi connectivity index (χ2n) is 4.28. The van der Waals surface area contributed by atoms with Crippen LogP contribution in [0.1, 0.15) is 24.4 Å². The van der Waals surface area contributed by atoms with Gasteiger partial charge in [-0.3, -0.25) is 19.0 Å². The first-order valence-electron chi connectivity index (χ1n) is 5.79. The molecular formula is C11H13N7O2. The first-order chi connectivity index (χ1) is 9.47. The van der Waals surface area contributed by atoms with Gasteiger partial charge in [0, 0.05) is 14.1 Å². The molecule has 0 radical (unpaired) electrons. The Balaban J connectivity index is 2.55. The summed E-state index contributed by atoms with van der Waals surface area (Å²) in [7, 11) is 2.81. The molecule has 0 bridgehead atoms. The van der Waals surface area contributed by atoms with Crippen molar-refractivity contribution in [1.29, 1.82) is 5.26 Å². The number of rotatable bonds is 3. The summed E-state index contributed by atoms with van der Waals surface area (Å²) in [4.78, 5) is 27.8. The van der Waals surface area contributed by atoms with E-state index in [2.05, 4.69) is 20.5 Å². The molecule has 2 heterocycles. The van der Waals surface area contributed by atoms with Crippen LogP contribution in [0.4, 0.5) is 5.82 Å². The van der Waals surface area contributed by atoms with Crippen molar-refractivity contribution >= 4 is 5.82 Å². The van der Waals surface area contributed by atoms with Crippen LogP contribution in [-0.4, -0.2) is 24.3 Å². The fourth-order valence-electron chi connectivity index (χ4n) is 1.81. The van der Waals surface area contributed by atoms with Gasteiger partial charge >= 0.3 is 5.69 Å². The third-order valence-corrected chi connectivity index (χ3v) is 2.97. The minimum absolute atomic E-state index is 0.124. The van der Waals surface area contributed by atoms with Crippen LogP contribution in [0, 0.1) is 11.3 Å². The summed E-state index contributed by atoms with van der Waals surface area (Å²) in [6, 6.07) is 1.48. The largest absolute Gasteiger partial charge is 0.360 e. The van der Waals surface area contributed by atoms with Gasteiger partial charge in [-0.05, 0) is 6.92 Å². The first kappa shape index (κ1) is 13.5. The minimum atomic E-state index is -0.636. The SMILES string of the molecule is CC(Nc1c(C#N)c(=O)n(C)c(=O)n1C)c1ncn[nH]1. The van der Waals surface area contributed by atoms with E-state index in [9.17, 15) is 9.59 Å². The van der Waals surface area contributed by atoms with Gasteiger partial charge in [0.1, 0.15) is 24.0 Å². The number of nitrogens with one attached hydrogen (secondary N) is 2. The van der Waals surface area contributed by atoms with Gasteiger partial charge in [-0.2, -0.15) is 10.4 Å². The van der Waals surface area contributed by atoms with E-state index in [1.165, 1.54) is 25.0 Å². The third-order valence-electron chi connectivity index (χ3n) is 2.97. The monoisotopic (exact) mass is 275 g/mol. The van der Waals surface area contributed by atoms with E-state index >= 15 is 0 Å². The molecule has 2 aromatic rings. The van der Waals surface area contributed by atoms with Gasteiger partial charge in [-0.1, -0.05) is 0 Å². The molecule has 2 aromatic heterocycles. The maximum absolute atomic E-state index is 11.9. The fraction of sp³-hybridized carbons (Fsp3) is 0.364. The lowest BCUT2D eigenvalue weighted by molar-refractivity contribution is 0.673. The number of H-pyrrole nitrogens is 1. The first-order valence-corrected chi connectivity index (χ1v) is 5.79. The molecule has 0 aliphatic heterocycles. The summed E-state index contributed by atoms with van der Waals surface area (Å²) in [6.45, 7) is 1.77. The predicted molar refractivity (Wildman–Crippen MR) is 70.1 cm³/mol. The van der Waals surface area contributed by atoms with Crippen LogP contribution in [0.2, 0.25) is 0 Å². The van der Waals surface area contributed by atoms with Gasteiger partial charge in [0.05, 0.1) is 6.04 Å². The van der Waals surface area contributed by atoms with Crippen LogP contribution >= 0.6 is 0 Å². The summed E-state index contributed by atoms with van der Waals surface area (Å²) in [5, 5.41) is 18.5. The molecule has 0 aromatic carbocycles. The van der Waals surface area contributed by atoms with Crippen molar-refractivity contribution in [3.05, 3.63) is 38.6 Å². The van der Waals surface area contributed by atoms with Crippen LogP contribution in [-0.2, 0) is 14.1 Å². The molecule has 0 fully saturated rings. The molecule has 0 aliphatic carbocycles. The zero-order valence-corrected chi connectivity index (χ0v) is 11.2. The third kappa shape index (κ3) is 2.07. The normalized spacial score (nSPS) is 11.9. The highest BCUT2D eigenvalue weighted by molar-refractivity contribution is 5.52. The van der Waals surface area contributed by atoms with Crippen molar-refractivity contribution in [3.63, 3.8) is 0 Å². The van der Waals surface area contributed by atoms with Crippen LogP contribution in [0.25, 0.3) is 0 Å². The molecule has 0 saturated carbocycles. The molecule has 1 unspecified atom stereocenters. The van der Waals surface area contributed by atoms with Crippen molar-refractivity contribution in [2.75, 3.05) is 5.32 Å². The Bertz CT molecular complexity index is 779. The Morgan fingerprint density at radius 1 is 1.40 bits per heavy atom. The van der Waals surface area contributed by atoms with Gasteiger partial charge in [0.2, 0.25) is 0 Å². The van der Waals surface area contributed by atoms with Crippen LogP contribution in [0.5, 0.6) is 0 Å². The Hall–Kier alpha value is -2.89. The molecule has 0 aliphatic rings. The second kappa shape index (κ2) is 5.00. The molecule has 0 saturated heterocycles. The van der Waals surface area contributed by atoms with Crippen molar-refractivity contribution in [3.8, 4) is 6.07 Å². The number of aromatic nitrogens is 5. The summed E-state index contributed by atoms with van der Waals surface area (Å²) in [5.74, 6) is 0.687. The number of nitriles is 1. The van der Waals surface area contributed by atoms with Gasteiger partial charge in [-0.25, -0.2) is 9.78 Å². The van der Waals surface area contributed by atoms with Crippen molar-refractivity contribution < 1.29 is 0 Å². The highest BCUT2D eigenvalue weighted by atomic mass is 16.2. The Morgan fingerprint density at radius 2 is 2.10 bits per heavy atom. The summed E-state index contributed by atoms with van der Waals surface area (Å²) in [6.07, 6.45) is 1.35. The van der Waals surface area contributed by atoms with Crippen LogP contribution < -0.4 is 16.6 Å². The van der Waals surface area contributed by atoms with Crippen molar-refractivity contribution in [2.45, 2.75) is 13.0 Å². The quantitative estimate of drug-likeness (QED) is 0.760. The molecule has 9 nitrogen and oxygen atoms in total. The van der Waals surface area contributed by atoms with E-state index in [1.807, 2.05) is 6.07 Å². The van der Waals surface area contributed by atoms with E-state index < -0.39 is 11.2 Å². The van der Waals surface area contributed by atoms with E-state index in [0.29, 0.717) is 5.82 Å². The molecule has 104 valence electrons. The average Bonchev–Trinajstić information content (AvgIpc) is 2.97. The van der Waals surface area contributed by atoms with Crippen molar-refractivity contribution in [1.82, 2.24) is 24.3 Å². The zero-order chi connectivity index (χ0) is 14.9. The standard InChI is InChI=1S/C11H13N7O2/c1-6(8-13-5-14-16-8)15-9-7(4-12)10(19)18(3)11(20)17(9)2/h5-6,15H,1-3H3,(H,13,14,16). The maximum Gasteiger partial charge on any atom is 0.332 e. The van der Waals surface area contributed by atoms with Crippen LogP contribution in [0.3, 0.4) is 0 Å².